The molecule has 1 saturated heterocycles. The Hall–Kier alpha value is -0.530. The Morgan fingerprint density at radius 2 is 2.00 bits per heavy atom. The van der Waals surface area contributed by atoms with Crippen molar-refractivity contribution in [3.8, 4) is 0 Å². The monoisotopic (exact) mass is 183 g/mol. The Labute approximate surface area is 81.3 Å². The van der Waals surface area contributed by atoms with E-state index >= 15 is 0 Å². The highest BCUT2D eigenvalue weighted by Crippen LogP contribution is 2.27. The van der Waals surface area contributed by atoms with Gasteiger partial charge in [0, 0.05) is 19.0 Å². The van der Waals surface area contributed by atoms with Gasteiger partial charge < -0.3 is 4.90 Å². The predicted octanol–water partition coefficient (Wildman–Crippen LogP) is 2.29. The van der Waals surface area contributed by atoms with Gasteiger partial charge in [-0.05, 0) is 25.2 Å². The fourth-order valence-electron chi connectivity index (χ4n) is 2.25. The van der Waals surface area contributed by atoms with Crippen molar-refractivity contribution < 1.29 is 4.79 Å². The summed E-state index contributed by atoms with van der Waals surface area (Å²) in [6.45, 7) is 9.55. The third-order valence-corrected chi connectivity index (χ3v) is 3.22. The first-order chi connectivity index (χ1) is 6.06. The van der Waals surface area contributed by atoms with Gasteiger partial charge in [-0.2, -0.15) is 0 Å². The molecule has 1 fully saturated rings. The van der Waals surface area contributed by atoms with Gasteiger partial charge in [0.1, 0.15) is 0 Å². The molecular formula is C11H21NO. The predicted molar refractivity (Wildman–Crippen MR) is 54.4 cm³/mol. The molecule has 0 bridgehead atoms. The molecule has 0 N–H and O–H groups in total. The highest BCUT2D eigenvalue weighted by molar-refractivity contribution is 5.76. The van der Waals surface area contributed by atoms with E-state index < -0.39 is 0 Å². The van der Waals surface area contributed by atoms with E-state index in [1.807, 2.05) is 6.92 Å². The molecule has 2 nitrogen and oxygen atoms in total. The Morgan fingerprint density at radius 1 is 1.38 bits per heavy atom. The van der Waals surface area contributed by atoms with Crippen molar-refractivity contribution in [3.05, 3.63) is 0 Å². The van der Waals surface area contributed by atoms with Crippen LogP contribution < -0.4 is 0 Å². The first kappa shape index (κ1) is 10.6. The van der Waals surface area contributed by atoms with E-state index in [9.17, 15) is 4.79 Å². The minimum absolute atomic E-state index is 0.311. The van der Waals surface area contributed by atoms with Crippen molar-refractivity contribution in [2.24, 2.45) is 11.8 Å². The van der Waals surface area contributed by atoms with Crippen LogP contribution in [-0.4, -0.2) is 23.4 Å². The molecule has 1 aliphatic rings. The van der Waals surface area contributed by atoms with Gasteiger partial charge in [-0.1, -0.05) is 20.8 Å². The summed E-state index contributed by atoms with van der Waals surface area (Å²) in [5.74, 6) is 1.63. The summed E-state index contributed by atoms with van der Waals surface area (Å²) in [5, 5.41) is 0. The van der Waals surface area contributed by atoms with Crippen LogP contribution in [0.5, 0.6) is 0 Å². The van der Waals surface area contributed by atoms with Crippen LogP contribution in [0.15, 0.2) is 0 Å². The van der Waals surface area contributed by atoms with Crippen LogP contribution >= 0.6 is 0 Å². The van der Waals surface area contributed by atoms with Crippen molar-refractivity contribution in [3.63, 3.8) is 0 Å². The molecule has 0 saturated carbocycles. The van der Waals surface area contributed by atoms with Crippen molar-refractivity contribution in [1.82, 2.24) is 4.90 Å². The second-order valence-corrected chi connectivity index (χ2v) is 4.46. The molecule has 1 aliphatic heterocycles. The number of hydrogen-bond acceptors (Lipinski definition) is 1. The smallest absolute Gasteiger partial charge is 0.222 e. The summed E-state index contributed by atoms with van der Waals surface area (Å²) in [5.41, 5.74) is 0. The molecule has 1 amide bonds. The molecule has 0 aliphatic carbocycles. The van der Waals surface area contributed by atoms with Gasteiger partial charge in [0.05, 0.1) is 0 Å². The fraction of sp³-hybridized carbons (Fsp3) is 0.909. The maximum Gasteiger partial charge on any atom is 0.222 e. The lowest BCUT2D eigenvalue weighted by molar-refractivity contribution is -0.136. The van der Waals surface area contributed by atoms with Crippen LogP contribution in [-0.2, 0) is 4.79 Å². The lowest BCUT2D eigenvalue weighted by Gasteiger charge is -2.41. The van der Waals surface area contributed by atoms with E-state index in [2.05, 4.69) is 25.7 Å². The van der Waals surface area contributed by atoms with E-state index in [0.717, 1.165) is 6.54 Å². The molecule has 1 rings (SSSR count). The molecule has 3 unspecified atom stereocenters. The first-order valence-corrected chi connectivity index (χ1v) is 5.35. The molecule has 3 atom stereocenters. The van der Waals surface area contributed by atoms with Crippen LogP contribution in [0.3, 0.4) is 0 Å². The zero-order valence-corrected chi connectivity index (χ0v) is 9.21. The zero-order valence-electron chi connectivity index (χ0n) is 9.21. The quantitative estimate of drug-likeness (QED) is 0.611. The molecule has 0 spiro atoms. The Kier molecular flexibility index (Phi) is 3.34. The van der Waals surface area contributed by atoms with E-state index in [1.165, 1.54) is 6.42 Å². The number of amides is 1. The summed E-state index contributed by atoms with van der Waals surface area (Å²) in [6, 6.07) is 0.434. The number of carbonyl (C=O) groups is 1. The first-order valence-electron chi connectivity index (χ1n) is 5.35. The highest BCUT2D eigenvalue weighted by atomic mass is 16.2. The Bertz CT molecular complexity index is 191. The third kappa shape index (κ3) is 2.23. The second kappa shape index (κ2) is 4.12. The van der Waals surface area contributed by atoms with Crippen molar-refractivity contribution in [1.29, 1.82) is 0 Å². The highest BCUT2D eigenvalue weighted by Gasteiger charge is 2.30. The SMILES string of the molecule is CCC(=O)N1CC(C)CC(C)C1C. The van der Waals surface area contributed by atoms with E-state index in [0.29, 0.717) is 30.2 Å². The van der Waals surface area contributed by atoms with Crippen LogP contribution in [0, 0.1) is 11.8 Å². The molecular weight excluding hydrogens is 162 g/mol. The average molecular weight is 183 g/mol. The zero-order chi connectivity index (χ0) is 10.0. The minimum atomic E-state index is 0.311. The van der Waals surface area contributed by atoms with Gasteiger partial charge in [-0.3, -0.25) is 4.79 Å². The Morgan fingerprint density at radius 3 is 2.54 bits per heavy atom. The molecule has 0 aromatic rings. The van der Waals surface area contributed by atoms with Crippen molar-refractivity contribution >= 4 is 5.91 Å². The van der Waals surface area contributed by atoms with Gasteiger partial charge in [-0.15, -0.1) is 0 Å². The maximum absolute atomic E-state index is 11.6. The number of likely N-dealkylation sites (tertiary alicyclic amines) is 1. The number of rotatable bonds is 1. The number of nitrogens with zero attached hydrogens (tertiary/aromatic N) is 1. The van der Waals surface area contributed by atoms with E-state index in [4.69, 9.17) is 0 Å². The van der Waals surface area contributed by atoms with Crippen LogP contribution in [0.25, 0.3) is 0 Å². The number of piperidine rings is 1. The normalized spacial score (nSPS) is 34.8. The Balaban J connectivity index is 2.66. The van der Waals surface area contributed by atoms with Crippen LogP contribution in [0.2, 0.25) is 0 Å². The van der Waals surface area contributed by atoms with Gasteiger partial charge in [0.25, 0.3) is 0 Å². The summed E-state index contributed by atoms with van der Waals surface area (Å²) in [7, 11) is 0. The average Bonchev–Trinajstić information content (AvgIpc) is 2.10. The van der Waals surface area contributed by atoms with Gasteiger partial charge in [0.2, 0.25) is 5.91 Å². The van der Waals surface area contributed by atoms with E-state index in [-0.39, 0.29) is 0 Å². The lowest BCUT2D eigenvalue weighted by atomic mass is 9.86. The summed E-state index contributed by atoms with van der Waals surface area (Å²) < 4.78 is 0. The third-order valence-electron chi connectivity index (χ3n) is 3.22. The maximum atomic E-state index is 11.6. The largest absolute Gasteiger partial charge is 0.339 e. The van der Waals surface area contributed by atoms with Gasteiger partial charge in [0.15, 0.2) is 0 Å². The van der Waals surface area contributed by atoms with Gasteiger partial charge >= 0.3 is 0 Å². The summed E-state index contributed by atoms with van der Waals surface area (Å²) >= 11 is 0. The van der Waals surface area contributed by atoms with Gasteiger partial charge in [-0.25, -0.2) is 0 Å². The molecule has 2 heteroatoms. The summed E-state index contributed by atoms with van der Waals surface area (Å²) in [6.07, 6.45) is 1.90. The van der Waals surface area contributed by atoms with E-state index in [1.54, 1.807) is 0 Å². The van der Waals surface area contributed by atoms with Crippen molar-refractivity contribution in [2.75, 3.05) is 6.54 Å². The lowest BCUT2D eigenvalue weighted by Crippen LogP contribution is -2.48. The fourth-order valence-corrected chi connectivity index (χ4v) is 2.25. The molecule has 13 heavy (non-hydrogen) atoms. The molecule has 0 aromatic carbocycles. The molecule has 1 heterocycles. The second-order valence-electron chi connectivity index (χ2n) is 4.46. The topological polar surface area (TPSA) is 20.3 Å². The number of hydrogen-bond donors (Lipinski definition) is 0. The minimum Gasteiger partial charge on any atom is -0.339 e. The van der Waals surface area contributed by atoms with Crippen molar-refractivity contribution in [2.45, 2.75) is 46.6 Å². The number of carbonyl (C=O) groups excluding carboxylic acids is 1. The molecule has 0 radical (unpaired) electrons. The summed E-state index contributed by atoms with van der Waals surface area (Å²) in [4.78, 5) is 13.6. The standard InChI is InChI=1S/C11H21NO/c1-5-11(13)12-7-8(2)6-9(3)10(12)4/h8-10H,5-7H2,1-4H3. The molecule has 76 valence electrons. The molecule has 0 aromatic heterocycles. The van der Waals surface area contributed by atoms with Crippen LogP contribution in [0.4, 0.5) is 0 Å². The van der Waals surface area contributed by atoms with Crippen LogP contribution in [0.1, 0.15) is 40.5 Å².